The Bertz CT molecular complexity index is 452. The summed E-state index contributed by atoms with van der Waals surface area (Å²) in [7, 11) is 0. The number of anilines is 1. The first-order valence-corrected chi connectivity index (χ1v) is 7.45. The molecular formula is C16H22N2O. The van der Waals surface area contributed by atoms with Gasteiger partial charge in [0.05, 0.1) is 0 Å². The van der Waals surface area contributed by atoms with E-state index >= 15 is 0 Å². The van der Waals surface area contributed by atoms with Crippen LogP contribution in [0.3, 0.4) is 0 Å². The fraction of sp³-hybridized carbons (Fsp3) is 0.562. The molecule has 2 fully saturated rings. The predicted octanol–water partition coefficient (Wildman–Crippen LogP) is 2.36. The maximum absolute atomic E-state index is 11.7. The molecule has 0 radical (unpaired) electrons. The molecule has 2 aliphatic heterocycles. The van der Waals surface area contributed by atoms with E-state index in [4.69, 9.17) is 0 Å². The van der Waals surface area contributed by atoms with Gasteiger partial charge in [0.1, 0.15) is 0 Å². The van der Waals surface area contributed by atoms with E-state index in [1.807, 2.05) is 0 Å². The van der Waals surface area contributed by atoms with Crippen LogP contribution < -0.4 is 10.2 Å². The van der Waals surface area contributed by atoms with Crippen molar-refractivity contribution in [2.75, 3.05) is 24.5 Å². The number of hydrogen-bond donors (Lipinski definition) is 1. The monoisotopic (exact) mass is 258 g/mol. The van der Waals surface area contributed by atoms with Crippen LogP contribution in [0.1, 0.15) is 31.2 Å². The topological polar surface area (TPSA) is 32.3 Å². The van der Waals surface area contributed by atoms with Crippen LogP contribution in [0.5, 0.6) is 0 Å². The first-order chi connectivity index (χ1) is 9.34. The van der Waals surface area contributed by atoms with E-state index in [1.165, 1.54) is 30.5 Å². The van der Waals surface area contributed by atoms with Crippen molar-refractivity contribution in [3.8, 4) is 0 Å². The fourth-order valence-corrected chi connectivity index (χ4v) is 3.23. The highest BCUT2D eigenvalue weighted by atomic mass is 16.2. The van der Waals surface area contributed by atoms with E-state index in [1.54, 1.807) is 0 Å². The minimum Gasteiger partial charge on any atom is -0.371 e. The molecule has 1 amide bonds. The molecule has 0 spiro atoms. The number of nitrogens with one attached hydrogen (secondary N) is 1. The molecule has 0 saturated carbocycles. The largest absolute Gasteiger partial charge is 0.371 e. The number of para-hydroxylation sites is 1. The van der Waals surface area contributed by atoms with E-state index in [0.717, 1.165) is 32.5 Å². The molecule has 2 aliphatic rings. The van der Waals surface area contributed by atoms with Crippen LogP contribution in [-0.2, 0) is 11.2 Å². The predicted molar refractivity (Wildman–Crippen MR) is 77.3 cm³/mol. The summed E-state index contributed by atoms with van der Waals surface area (Å²) in [5.74, 6) is 0.402. The number of amides is 1. The standard InChI is InChI=1S/C16H22N2O/c19-16-14(8-9-17-16)12-13-6-2-3-7-15(13)18-10-4-1-5-11-18/h2-3,6-7,14H,1,4-5,8-12H2,(H,17,19). The molecule has 1 N–H and O–H groups in total. The van der Waals surface area contributed by atoms with E-state index in [9.17, 15) is 4.79 Å². The molecule has 1 aromatic rings. The lowest BCUT2D eigenvalue weighted by molar-refractivity contribution is -0.122. The Kier molecular flexibility index (Phi) is 3.72. The van der Waals surface area contributed by atoms with Gasteiger partial charge in [0.2, 0.25) is 5.91 Å². The first kappa shape index (κ1) is 12.5. The molecule has 3 nitrogen and oxygen atoms in total. The first-order valence-electron chi connectivity index (χ1n) is 7.45. The zero-order valence-electron chi connectivity index (χ0n) is 11.4. The van der Waals surface area contributed by atoms with Gasteiger partial charge in [0.25, 0.3) is 0 Å². The van der Waals surface area contributed by atoms with Gasteiger partial charge < -0.3 is 10.2 Å². The molecule has 19 heavy (non-hydrogen) atoms. The van der Waals surface area contributed by atoms with Gasteiger partial charge in [0.15, 0.2) is 0 Å². The Morgan fingerprint density at radius 3 is 2.68 bits per heavy atom. The third-order valence-electron chi connectivity index (χ3n) is 4.32. The third kappa shape index (κ3) is 2.75. The van der Waals surface area contributed by atoms with Gasteiger partial charge in [-0.1, -0.05) is 18.2 Å². The van der Waals surface area contributed by atoms with Crippen molar-refractivity contribution in [3.05, 3.63) is 29.8 Å². The van der Waals surface area contributed by atoms with Gasteiger partial charge >= 0.3 is 0 Å². The van der Waals surface area contributed by atoms with E-state index in [2.05, 4.69) is 34.5 Å². The highest BCUT2D eigenvalue weighted by Gasteiger charge is 2.25. The molecule has 1 unspecified atom stereocenters. The third-order valence-corrected chi connectivity index (χ3v) is 4.32. The number of hydrogen-bond acceptors (Lipinski definition) is 2. The summed E-state index contributed by atoms with van der Waals surface area (Å²) in [6.45, 7) is 3.16. The molecule has 0 bridgehead atoms. The van der Waals surface area contributed by atoms with Crippen molar-refractivity contribution in [1.82, 2.24) is 5.32 Å². The summed E-state index contributed by atoms with van der Waals surface area (Å²) in [5, 5.41) is 2.94. The normalized spacial score (nSPS) is 23.5. The maximum atomic E-state index is 11.7. The van der Waals surface area contributed by atoms with Crippen LogP contribution in [0.25, 0.3) is 0 Å². The Labute approximate surface area is 115 Å². The molecule has 3 rings (SSSR count). The molecule has 102 valence electrons. The molecule has 0 aliphatic carbocycles. The summed E-state index contributed by atoms with van der Waals surface area (Å²) in [6, 6.07) is 8.61. The SMILES string of the molecule is O=C1NCCC1Cc1ccccc1N1CCCCC1. The van der Waals surface area contributed by atoms with Crippen LogP contribution in [0.15, 0.2) is 24.3 Å². The van der Waals surface area contributed by atoms with Gasteiger partial charge in [-0.15, -0.1) is 0 Å². The highest BCUT2D eigenvalue weighted by molar-refractivity contribution is 5.81. The van der Waals surface area contributed by atoms with Crippen LogP contribution in [0, 0.1) is 5.92 Å². The van der Waals surface area contributed by atoms with E-state index in [0.29, 0.717) is 0 Å². The van der Waals surface area contributed by atoms with Crippen molar-refractivity contribution in [2.24, 2.45) is 5.92 Å². The van der Waals surface area contributed by atoms with Crippen molar-refractivity contribution in [2.45, 2.75) is 32.1 Å². The Morgan fingerprint density at radius 1 is 1.16 bits per heavy atom. The molecule has 2 saturated heterocycles. The van der Waals surface area contributed by atoms with Crippen LogP contribution in [0.2, 0.25) is 0 Å². The fourth-order valence-electron chi connectivity index (χ4n) is 3.23. The van der Waals surface area contributed by atoms with Crippen molar-refractivity contribution in [1.29, 1.82) is 0 Å². The van der Waals surface area contributed by atoms with Crippen LogP contribution in [-0.4, -0.2) is 25.5 Å². The van der Waals surface area contributed by atoms with E-state index in [-0.39, 0.29) is 11.8 Å². The highest BCUT2D eigenvalue weighted by Crippen LogP contribution is 2.27. The molecule has 1 atom stereocenters. The average Bonchev–Trinajstić information content (AvgIpc) is 2.86. The smallest absolute Gasteiger partial charge is 0.223 e. The summed E-state index contributed by atoms with van der Waals surface area (Å²) in [4.78, 5) is 14.2. The lowest BCUT2D eigenvalue weighted by atomic mass is 9.96. The second kappa shape index (κ2) is 5.64. The Morgan fingerprint density at radius 2 is 1.95 bits per heavy atom. The molecule has 1 aromatic carbocycles. The molecule has 2 heterocycles. The van der Waals surface area contributed by atoms with Crippen LogP contribution in [0.4, 0.5) is 5.69 Å². The summed E-state index contributed by atoms with van der Waals surface area (Å²) in [6.07, 6.45) is 5.80. The van der Waals surface area contributed by atoms with Gasteiger partial charge in [0, 0.05) is 31.2 Å². The minimum atomic E-state index is 0.172. The number of piperidine rings is 1. The second-order valence-corrected chi connectivity index (χ2v) is 5.66. The molecule has 3 heteroatoms. The van der Waals surface area contributed by atoms with Gasteiger partial charge in [-0.25, -0.2) is 0 Å². The number of carbonyl (C=O) groups excluding carboxylic acids is 1. The van der Waals surface area contributed by atoms with Crippen LogP contribution >= 0.6 is 0 Å². The van der Waals surface area contributed by atoms with Gasteiger partial charge in [-0.05, 0) is 43.7 Å². The molecule has 0 aromatic heterocycles. The maximum Gasteiger partial charge on any atom is 0.223 e. The Balaban J connectivity index is 1.78. The number of benzene rings is 1. The van der Waals surface area contributed by atoms with Crippen molar-refractivity contribution >= 4 is 11.6 Å². The van der Waals surface area contributed by atoms with Gasteiger partial charge in [-0.2, -0.15) is 0 Å². The zero-order chi connectivity index (χ0) is 13.1. The Hall–Kier alpha value is -1.51. The number of nitrogens with zero attached hydrogens (tertiary/aromatic N) is 1. The lowest BCUT2D eigenvalue weighted by Gasteiger charge is -2.31. The minimum absolute atomic E-state index is 0.172. The van der Waals surface area contributed by atoms with Crippen molar-refractivity contribution in [3.63, 3.8) is 0 Å². The number of carbonyl (C=O) groups is 1. The summed E-state index contributed by atoms with van der Waals surface area (Å²) in [5.41, 5.74) is 2.69. The van der Waals surface area contributed by atoms with Crippen molar-refractivity contribution < 1.29 is 4.79 Å². The summed E-state index contributed by atoms with van der Waals surface area (Å²) < 4.78 is 0. The second-order valence-electron chi connectivity index (χ2n) is 5.66. The summed E-state index contributed by atoms with van der Waals surface area (Å²) >= 11 is 0. The number of rotatable bonds is 3. The zero-order valence-corrected chi connectivity index (χ0v) is 11.4. The average molecular weight is 258 g/mol. The quantitative estimate of drug-likeness (QED) is 0.902. The lowest BCUT2D eigenvalue weighted by Crippen LogP contribution is -2.30. The molecular weight excluding hydrogens is 236 g/mol. The van der Waals surface area contributed by atoms with E-state index < -0.39 is 0 Å². The van der Waals surface area contributed by atoms with Gasteiger partial charge in [-0.3, -0.25) is 4.79 Å².